The van der Waals surface area contributed by atoms with Crippen LogP contribution < -0.4 is 5.32 Å². The van der Waals surface area contributed by atoms with Crippen LogP contribution in [0.3, 0.4) is 0 Å². The summed E-state index contributed by atoms with van der Waals surface area (Å²) in [6.07, 6.45) is 3.37. The maximum absolute atomic E-state index is 11.9. The number of piperidine rings is 1. The van der Waals surface area contributed by atoms with Gasteiger partial charge < -0.3 is 10.2 Å². The van der Waals surface area contributed by atoms with Crippen LogP contribution in [0, 0.1) is 5.92 Å². The Balaban J connectivity index is 2.51. The molecule has 0 radical (unpaired) electrons. The Labute approximate surface area is 110 Å². The monoisotopic (exact) mass is 276 g/mol. The lowest BCUT2D eigenvalue weighted by Crippen LogP contribution is -2.50. The molecule has 6 heteroatoms. The Morgan fingerprint density at radius 1 is 1.44 bits per heavy atom. The van der Waals surface area contributed by atoms with E-state index in [1.54, 1.807) is 18.7 Å². The molecule has 5 nitrogen and oxygen atoms in total. The van der Waals surface area contributed by atoms with Gasteiger partial charge in [0.05, 0.1) is 4.75 Å². The Kier molecular flexibility index (Phi) is 4.64. The van der Waals surface area contributed by atoms with E-state index >= 15 is 0 Å². The van der Waals surface area contributed by atoms with Gasteiger partial charge in [0.1, 0.15) is 0 Å². The van der Waals surface area contributed by atoms with Gasteiger partial charge in [-0.2, -0.15) is 0 Å². The van der Waals surface area contributed by atoms with Crippen LogP contribution in [0.2, 0.25) is 0 Å². The minimum absolute atomic E-state index is 0.148. The number of hydrogen-bond donors (Lipinski definition) is 1. The van der Waals surface area contributed by atoms with E-state index in [-0.39, 0.29) is 12.6 Å². The molecule has 1 N–H and O–H groups in total. The number of urea groups is 1. The van der Waals surface area contributed by atoms with Crippen molar-refractivity contribution in [3.8, 4) is 0 Å². The molecule has 0 aromatic rings. The largest absolute Gasteiger partial charge is 0.336 e. The molecular weight excluding hydrogens is 252 g/mol. The molecule has 0 spiro atoms. The Morgan fingerprint density at radius 3 is 2.56 bits per heavy atom. The summed E-state index contributed by atoms with van der Waals surface area (Å²) >= 11 is 0. The van der Waals surface area contributed by atoms with E-state index in [1.165, 1.54) is 6.26 Å². The van der Waals surface area contributed by atoms with Crippen molar-refractivity contribution in [1.29, 1.82) is 0 Å². The third kappa shape index (κ3) is 3.86. The molecule has 0 bridgehead atoms. The molecule has 1 atom stereocenters. The van der Waals surface area contributed by atoms with E-state index in [4.69, 9.17) is 0 Å². The predicted molar refractivity (Wildman–Crippen MR) is 72.3 cm³/mol. The van der Waals surface area contributed by atoms with Crippen LogP contribution >= 0.6 is 0 Å². The van der Waals surface area contributed by atoms with Gasteiger partial charge in [0, 0.05) is 25.9 Å². The first-order valence-electron chi connectivity index (χ1n) is 6.36. The zero-order chi connectivity index (χ0) is 14.0. The van der Waals surface area contributed by atoms with Crippen molar-refractivity contribution in [3.05, 3.63) is 0 Å². The van der Waals surface area contributed by atoms with E-state index in [1.807, 2.05) is 0 Å². The fraction of sp³-hybridized carbons (Fsp3) is 0.917. The second-order valence-corrected chi connectivity index (χ2v) is 8.53. The van der Waals surface area contributed by atoms with Crippen LogP contribution in [0.1, 0.15) is 33.6 Å². The van der Waals surface area contributed by atoms with Crippen LogP contribution in [-0.2, 0) is 9.84 Å². The van der Waals surface area contributed by atoms with Crippen molar-refractivity contribution < 1.29 is 13.2 Å². The van der Waals surface area contributed by atoms with Gasteiger partial charge in [-0.15, -0.1) is 0 Å². The summed E-state index contributed by atoms with van der Waals surface area (Å²) in [6, 6.07) is -0.154. The molecule has 106 valence electrons. The SMILES string of the molecule is CC1CCCN(C(=O)NCC(C)(C)S(C)(=O)=O)C1. The normalized spacial score (nSPS) is 21.8. The fourth-order valence-electron chi connectivity index (χ4n) is 1.91. The van der Waals surface area contributed by atoms with Crippen molar-refractivity contribution >= 4 is 15.9 Å². The van der Waals surface area contributed by atoms with Gasteiger partial charge in [0.25, 0.3) is 0 Å². The van der Waals surface area contributed by atoms with Crippen molar-refractivity contribution in [3.63, 3.8) is 0 Å². The fourth-order valence-corrected chi connectivity index (χ4v) is 2.24. The molecule has 1 heterocycles. The van der Waals surface area contributed by atoms with E-state index in [2.05, 4.69) is 12.2 Å². The van der Waals surface area contributed by atoms with Crippen molar-refractivity contribution in [2.45, 2.75) is 38.4 Å². The average Bonchev–Trinajstić information content (AvgIpc) is 2.24. The smallest absolute Gasteiger partial charge is 0.317 e. The lowest BCUT2D eigenvalue weighted by atomic mass is 10.0. The van der Waals surface area contributed by atoms with Crippen LogP contribution in [0.15, 0.2) is 0 Å². The number of hydrogen-bond acceptors (Lipinski definition) is 3. The maximum Gasteiger partial charge on any atom is 0.317 e. The second kappa shape index (κ2) is 5.47. The molecule has 1 aliphatic rings. The first-order valence-corrected chi connectivity index (χ1v) is 8.25. The average molecular weight is 276 g/mol. The highest BCUT2D eigenvalue weighted by Crippen LogP contribution is 2.16. The topological polar surface area (TPSA) is 66.5 Å². The molecule has 0 aliphatic carbocycles. The van der Waals surface area contributed by atoms with Crippen molar-refractivity contribution in [2.75, 3.05) is 25.9 Å². The molecule has 0 saturated carbocycles. The highest BCUT2D eigenvalue weighted by molar-refractivity contribution is 7.92. The molecule has 1 aliphatic heterocycles. The number of likely N-dealkylation sites (tertiary alicyclic amines) is 1. The quantitative estimate of drug-likeness (QED) is 0.843. The summed E-state index contributed by atoms with van der Waals surface area (Å²) in [5, 5.41) is 2.73. The molecule has 2 amide bonds. The molecule has 0 aromatic carbocycles. The zero-order valence-corrected chi connectivity index (χ0v) is 12.5. The van der Waals surface area contributed by atoms with Crippen molar-refractivity contribution in [2.24, 2.45) is 5.92 Å². The van der Waals surface area contributed by atoms with Crippen LogP contribution in [0.25, 0.3) is 0 Å². The van der Waals surface area contributed by atoms with E-state index in [9.17, 15) is 13.2 Å². The standard InChI is InChI=1S/C12H24N2O3S/c1-10-6-5-7-14(8-10)11(15)13-9-12(2,3)18(4,16)17/h10H,5-9H2,1-4H3,(H,13,15). The van der Waals surface area contributed by atoms with Gasteiger partial charge in [-0.05, 0) is 32.6 Å². The first-order chi connectivity index (χ1) is 8.13. The molecule has 1 fully saturated rings. The lowest BCUT2D eigenvalue weighted by Gasteiger charge is -2.32. The zero-order valence-electron chi connectivity index (χ0n) is 11.7. The van der Waals surface area contributed by atoms with Gasteiger partial charge in [0.2, 0.25) is 0 Å². The Morgan fingerprint density at radius 2 is 2.06 bits per heavy atom. The summed E-state index contributed by atoms with van der Waals surface area (Å²) in [7, 11) is -3.17. The molecule has 1 rings (SSSR count). The van der Waals surface area contributed by atoms with Crippen LogP contribution in [-0.4, -0.2) is 50.0 Å². The minimum Gasteiger partial charge on any atom is -0.336 e. The second-order valence-electron chi connectivity index (χ2n) is 5.88. The number of nitrogens with one attached hydrogen (secondary N) is 1. The Hall–Kier alpha value is -0.780. The van der Waals surface area contributed by atoms with E-state index < -0.39 is 14.6 Å². The molecule has 0 aromatic heterocycles. The lowest BCUT2D eigenvalue weighted by molar-refractivity contribution is 0.169. The maximum atomic E-state index is 11.9. The number of carbonyl (C=O) groups excluding carboxylic acids is 1. The molecular formula is C12H24N2O3S. The van der Waals surface area contributed by atoms with Gasteiger partial charge in [-0.1, -0.05) is 6.92 Å². The van der Waals surface area contributed by atoms with Crippen molar-refractivity contribution in [1.82, 2.24) is 10.2 Å². The number of carbonyl (C=O) groups is 1. The third-order valence-electron chi connectivity index (χ3n) is 3.61. The molecule has 1 unspecified atom stereocenters. The van der Waals surface area contributed by atoms with Crippen LogP contribution in [0.4, 0.5) is 4.79 Å². The van der Waals surface area contributed by atoms with E-state index in [0.29, 0.717) is 5.92 Å². The summed E-state index contributed by atoms with van der Waals surface area (Å²) in [4.78, 5) is 13.7. The van der Waals surface area contributed by atoms with Gasteiger partial charge in [-0.25, -0.2) is 13.2 Å². The summed E-state index contributed by atoms with van der Waals surface area (Å²) in [6.45, 7) is 7.04. The van der Waals surface area contributed by atoms with Gasteiger partial charge in [-0.3, -0.25) is 0 Å². The Bertz CT molecular complexity index is 404. The number of amides is 2. The summed E-state index contributed by atoms with van der Waals surface area (Å²) in [5.41, 5.74) is 0. The predicted octanol–water partition coefficient (Wildman–Crippen LogP) is 1.25. The minimum atomic E-state index is -3.17. The van der Waals surface area contributed by atoms with Gasteiger partial charge in [0.15, 0.2) is 9.84 Å². The highest BCUT2D eigenvalue weighted by atomic mass is 32.2. The van der Waals surface area contributed by atoms with Crippen LogP contribution in [0.5, 0.6) is 0 Å². The number of rotatable bonds is 3. The first kappa shape index (κ1) is 15.3. The van der Waals surface area contributed by atoms with E-state index in [0.717, 1.165) is 25.9 Å². The summed E-state index contributed by atoms with van der Waals surface area (Å²) in [5.74, 6) is 0.521. The summed E-state index contributed by atoms with van der Waals surface area (Å²) < 4.78 is 22.1. The number of nitrogens with zero attached hydrogens (tertiary/aromatic N) is 1. The number of sulfone groups is 1. The van der Waals surface area contributed by atoms with Gasteiger partial charge >= 0.3 is 6.03 Å². The highest BCUT2D eigenvalue weighted by Gasteiger charge is 2.31. The molecule has 1 saturated heterocycles. The molecule has 18 heavy (non-hydrogen) atoms. The third-order valence-corrected chi connectivity index (χ3v) is 5.77.